The summed E-state index contributed by atoms with van der Waals surface area (Å²) < 4.78 is 30.8. The summed E-state index contributed by atoms with van der Waals surface area (Å²) in [5.74, 6) is 2.47. The number of hydrogen-bond acceptors (Lipinski definition) is 5. The molecule has 0 aliphatic carbocycles. The van der Waals surface area contributed by atoms with Crippen LogP contribution < -0.4 is 4.74 Å². The first kappa shape index (κ1) is 32.2. The van der Waals surface area contributed by atoms with Crippen molar-refractivity contribution in [1.29, 1.82) is 0 Å². The molecular weight excluding hydrogens is 479 g/mol. The number of nitrogens with zero attached hydrogens (tertiary/aromatic N) is 2. The third-order valence-electron chi connectivity index (χ3n) is 7.21. The van der Waals surface area contributed by atoms with Crippen molar-refractivity contribution in [2.24, 2.45) is 11.8 Å². The van der Waals surface area contributed by atoms with Gasteiger partial charge in [-0.05, 0) is 60.9 Å². The van der Waals surface area contributed by atoms with Crippen molar-refractivity contribution < 1.29 is 18.6 Å². The normalized spacial score (nSPS) is 13.8. The predicted molar refractivity (Wildman–Crippen MR) is 154 cm³/mol. The molecule has 3 unspecified atom stereocenters. The van der Waals surface area contributed by atoms with Gasteiger partial charge < -0.3 is 14.2 Å². The van der Waals surface area contributed by atoms with Gasteiger partial charge in [-0.25, -0.2) is 9.97 Å². The summed E-state index contributed by atoms with van der Waals surface area (Å²) in [6, 6.07) is 7.18. The van der Waals surface area contributed by atoms with E-state index in [-0.39, 0.29) is 6.61 Å². The third-order valence-corrected chi connectivity index (χ3v) is 7.21. The van der Waals surface area contributed by atoms with Crippen LogP contribution in [0.4, 0.5) is 4.39 Å². The quantitative estimate of drug-likeness (QED) is 0.143. The predicted octanol–water partition coefficient (Wildman–Crippen LogP) is 8.61. The zero-order valence-electron chi connectivity index (χ0n) is 24.3. The second kappa shape index (κ2) is 19.9. The van der Waals surface area contributed by atoms with Crippen molar-refractivity contribution in [2.45, 2.75) is 105 Å². The summed E-state index contributed by atoms with van der Waals surface area (Å²) in [5, 5.41) is 0. The van der Waals surface area contributed by atoms with Crippen LogP contribution in [0.3, 0.4) is 0 Å². The van der Waals surface area contributed by atoms with Crippen LogP contribution in [0.5, 0.6) is 5.75 Å². The Morgan fingerprint density at radius 1 is 0.789 bits per heavy atom. The van der Waals surface area contributed by atoms with Gasteiger partial charge in [-0.15, -0.1) is 0 Å². The maximum Gasteiger partial charge on any atom is 0.261 e. The highest BCUT2D eigenvalue weighted by atomic mass is 19.1. The maximum atomic E-state index is 14.2. The van der Waals surface area contributed by atoms with Crippen molar-refractivity contribution >= 4 is 0 Å². The Labute approximate surface area is 230 Å². The molecule has 0 spiro atoms. The Morgan fingerprint density at radius 2 is 1.47 bits per heavy atom. The Bertz CT molecular complexity index is 832. The van der Waals surface area contributed by atoms with Gasteiger partial charge in [-0.2, -0.15) is 4.39 Å². The highest BCUT2D eigenvalue weighted by Gasteiger charge is 2.10. The van der Waals surface area contributed by atoms with E-state index in [2.05, 4.69) is 37.7 Å². The molecule has 214 valence electrons. The topological polar surface area (TPSA) is 53.5 Å². The second-order valence-electron chi connectivity index (χ2n) is 10.5. The van der Waals surface area contributed by atoms with Crippen LogP contribution in [-0.2, 0) is 15.9 Å². The number of rotatable bonds is 22. The monoisotopic (exact) mass is 530 g/mol. The Hall–Kier alpha value is -2.05. The van der Waals surface area contributed by atoms with E-state index in [1.165, 1.54) is 51.4 Å². The molecule has 0 saturated carbocycles. The van der Waals surface area contributed by atoms with Crippen molar-refractivity contribution in [1.82, 2.24) is 9.97 Å². The zero-order valence-corrected chi connectivity index (χ0v) is 24.3. The van der Waals surface area contributed by atoms with Crippen LogP contribution in [-0.4, -0.2) is 42.8 Å². The van der Waals surface area contributed by atoms with Crippen LogP contribution in [0.25, 0.3) is 11.4 Å². The van der Waals surface area contributed by atoms with Crippen LogP contribution >= 0.6 is 0 Å². The molecule has 38 heavy (non-hydrogen) atoms. The van der Waals surface area contributed by atoms with Gasteiger partial charge in [0.25, 0.3) is 6.36 Å². The van der Waals surface area contributed by atoms with E-state index < -0.39 is 6.36 Å². The lowest BCUT2D eigenvalue weighted by Crippen LogP contribution is -2.20. The summed E-state index contributed by atoms with van der Waals surface area (Å²) in [4.78, 5) is 9.01. The van der Waals surface area contributed by atoms with Gasteiger partial charge in [-0.1, -0.05) is 79.1 Å². The van der Waals surface area contributed by atoms with Crippen LogP contribution in [0.1, 0.15) is 97.5 Å². The molecular formula is C32H51FN2O3. The van der Waals surface area contributed by atoms with E-state index in [1.807, 2.05) is 24.5 Å². The molecule has 6 heteroatoms. The van der Waals surface area contributed by atoms with Gasteiger partial charge >= 0.3 is 0 Å². The largest absolute Gasteiger partial charge is 0.458 e. The van der Waals surface area contributed by atoms with Crippen molar-refractivity contribution in [2.75, 3.05) is 26.4 Å². The van der Waals surface area contributed by atoms with Crippen molar-refractivity contribution in [3.05, 3.63) is 42.2 Å². The highest BCUT2D eigenvalue weighted by molar-refractivity contribution is 5.55. The summed E-state index contributed by atoms with van der Waals surface area (Å²) in [6.45, 7) is 10.4. The molecule has 1 aromatic carbocycles. The molecule has 0 fully saturated rings. The number of aromatic nitrogens is 2. The minimum absolute atomic E-state index is 0.124. The SMILES string of the molecule is CCCCCCCC(CC)COCCOCC(F)Oc1ccc(-c2ncc(CCCC(C)CC)cn2)cc1. The third kappa shape index (κ3) is 13.7. The molecule has 2 aromatic rings. The molecule has 0 aliphatic rings. The molecule has 0 N–H and O–H groups in total. The Morgan fingerprint density at radius 3 is 2.13 bits per heavy atom. The standard InChI is InChI=1S/C32H51FN2O3/c1-5-8-9-10-11-14-27(7-3)24-36-20-21-37-25-31(33)38-30-18-16-29(17-19-30)32-34-22-28(23-35-32)15-12-13-26(4)6-2/h16-19,22-23,26-27,31H,5-15,20-21,24-25H2,1-4H3. The van der Waals surface area contributed by atoms with Crippen LogP contribution in [0, 0.1) is 11.8 Å². The van der Waals surface area contributed by atoms with E-state index in [9.17, 15) is 4.39 Å². The first-order valence-corrected chi connectivity index (χ1v) is 14.9. The second-order valence-corrected chi connectivity index (χ2v) is 10.5. The number of hydrogen-bond donors (Lipinski definition) is 0. The highest BCUT2D eigenvalue weighted by Crippen LogP contribution is 2.21. The Kier molecular flexibility index (Phi) is 16.9. The van der Waals surface area contributed by atoms with E-state index in [1.54, 1.807) is 12.1 Å². The number of unbranched alkanes of at least 4 members (excludes halogenated alkanes) is 4. The van der Waals surface area contributed by atoms with Crippen molar-refractivity contribution in [3.8, 4) is 17.1 Å². The van der Waals surface area contributed by atoms with Crippen LogP contribution in [0.15, 0.2) is 36.7 Å². The van der Waals surface area contributed by atoms with Gasteiger partial charge in [0, 0.05) is 24.6 Å². The molecule has 0 amide bonds. The van der Waals surface area contributed by atoms with E-state index in [0.29, 0.717) is 30.7 Å². The lowest BCUT2D eigenvalue weighted by atomic mass is 9.99. The van der Waals surface area contributed by atoms with Gasteiger partial charge in [0.1, 0.15) is 12.4 Å². The fourth-order valence-corrected chi connectivity index (χ4v) is 4.34. The minimum atomic E-state index is -1.53. The number of benzene rings is 1. The molecule has 0 bridgehead atoms. The fraction of sp³-hybridized carbons (Fsp3) is 0.688. The van der Waals surface area contributed by atoms with E-state index in [0.717, 1.165) is 42.9 Å². The van der Waals surface area contributed by atoms with Gasteiger partial charge in [0.2, 0.25) is 0 Å². The molecule has 0 radical (unpaired) electrons. The van der Waals surface area contributed by atoms with E-state index in [4.69, 9.17) is 14.2 Å². The first-order valence-electron chi connectivity index (χ1n) is 14.9. The minimum Gasteiger partial charge on any atom is -0.458 e. The maximum absolute atomic E-state index is 14.2. The van der Waals surface area contributed by atoms with Gasteiger partial charge in [0.05, 0.1) is 13.2 Å². The molecule has 0 aliphatic heterocycles. The lowest BCUT2D eigenvalue weighted by Gasteiger charge is -2.16. The zero-order chi connectivity index (χ0) is 27.4. The molecule has 2 rings (SSSR count). The molecule has 3 atom stereocenters. The first-order chi connectivity index (χ1) is 18.5. The van der Waals surface area contributed by atoms with Gasteiger partial charge in [-0.3, -0.25) is 0 Å². The number of alkyl halides is 1. The van der Waals surface area contributed by atoms with Crippen molar-refractivity contribution in [3.63, 3.8) is 0 Å². The smallest absolute Gasteiger partial charge is 0.261 e. The lowest BCUT2D eigenvalue weighted by molar-refractivity contribution is -0.0400. The average molecular weight is 531 g/mol. The summed E-state index contributed by atoms with van der Waals surface area (Å²) in [6.07, 6.45) is 15.8. The molecule has 0 saturated heterocycles. The molecule has 5 nitrogen and oxygen atoms in total. The van der Waals surface area contributed by atoms with Crippen LogP contribution in [0.2, 0.25) is 0 Å². The van der Waals surface area contributed by atoms with Gasteiger partial charge in [0.15, 0.2) is 5.82 Å². The number of halogens is 1. The molecule has 1 heterocycles. The van der Waals surface area contributed by atoms with E-state index >= 15 is 0 Å². The molecule has 1 aromatic heterocycles. The number of ether oxygens (including phenoxy) is 3. The summed E-state index contributed by atoms with van der Waals surface area (Å²) in [5.41, 5.74) is 2.03. The number of aryl methyl sites for hydroxylation is 1. The average Bonchev–Trinajstić information content (AvgIpc) is 2.94. The Balaban J connectivity index is 1.61. The fourth-order valence-electron chi connectivity index (χ4n) is 4.34. The summed E-state index contributed by atoms with van der Waals surface area (Å²) >= 11 is 0. The summed E-state index contributed by atoms with van der Waals surface area (Å²) in [7, 11) is 0.